The van der Waals surface area contributed by atoms with Crippen molar-refractivity contribution in [3.63, 3.8) is 0 Å². The Morgan fingerprint density at radius 2 is 0.696 bits per heavy atom. The van der Waals surface area contributed by atoms with Crippen LogP contribution in [0.5, 0.6) is 0 Å². The topological polar surface area (TPSA) is 3.24 Å². The Morgan fingerprint density at radius 3 is 0.870 bits per heavy atom. The van der Waals surface area contributed by atoms with Crippen LogP contribution in [0.4, 0.5) is 0 Å². The maximum absolute atomic E-state index is 7.32. The van der Waals surface area contributed by atoms with Crippen LogP contribution < -0.4 is 0 Å². The van der Waals surface area contributed by atoms with Gasteiger partial charge in [-0.2, -0.15) is 0 Å². The van der Waals surface area contributed by atoms with Gasteiger partial charge >= 0.3 is 0 Å². The largest absolute Gasteiger partial charge is 0.357 e. The Bertz CT molecular complexity index is 458. The first kappa shape index (κ1) is 25.1. The standard InChI is InChI=1S/C6H18Cl9NSi7/c1-17(2,3)16(18(4,5)6)23(15)21(11,12)19(7,8)20(9,10)22(23,13)14/h1-6H3. The van der Waals surface area contributed by atoms with Crippen LogP contribution in [-0.2, 0) is 0 Å². The van der Waals surface area contributed by atoms with E-state index in [0.717, 1.165) is 0 Å². The maximum Gasteiger partial charge on any atom is 0.295 e. The summed E-state index contributed by atoms with van der Waals surface area (Å²) in [4.78, 5) is 0. The Labute approximate surface area is 186 Å². The molecule has 17 heteroatoms. The van der Waals surface area contributed by atoms with Crippen LogP contribution in [-0.4, -0.2) is 49.9 Å². The van der Waals surface area contributed by atoms with E-state index in [1.165, 1.54) is 0 Å². The van der Waals surface area contributed by atoms with Crippen LogP contribution in [0.25, 0.3) is 0 Å². The molecule has 0 spiro atoms. The summed E-state index contributed by atoms with van der Waals surface area (Å²) < 4.78 is 2.33. The van der Waals surface area contributed by atoms with Crippen molar-refractivity contribution >= 4 is 146 Å². The van der Waals surface area contributed by atoms with Gasteiger partial charge in [0.15, 0.2) is 0 Å². The third kappa shape index (κ3) is 3.36. The zero-order valence-corrected chi connectivity index (χ0v) is 27.2. The predicted octanol–water partition coefficient (Wildman–Crippen LogP) is 6.72. The molecule has 0 aromatic carbocycles. The van der Waals surface area contributed by atoms with Gasteiger partial charge in [-0.1, -0.05) is 39.3 Å². The minimum absolute atomic E-state index is 2.00. The van der Waals surface area contributed by atoms with Gasteiger partial charge in [0.25, 0.3) is 29.5 Å². The molecule has 1 saturated heterocycles. The van der Waals surface area contributed by atoms with Crippen LogP contribution in [0.2, 0.25) is 39.3 Å². The summed E-state index contributed by atoms with van der Waals surface area (Å²) in [5, 5.41) is 0. The summed E-state index contributed by atoms with van der Waals surface area (Å²) in [5.41, 5.74) is -13.9. The summed E-state index contributed by atoms with van der Waals surface area (Å²) in [6.07, 6.45) is 0. The number of halogens is 9. The van der Waals surface area contributed by atoms with Gasteiger partial charge < -0.3 is 3.90 Å². The second-order valence-corrected chi connectivity index (χ2v) is 89.3. The monoisotopic (exact) mass is 615 g/mol. The van der Waals surface area contributed by atoms with Crippen molar-refractivity contribution in [3.8, 4) is 0 Å². The van der Waals surface area contributed by atoms with Crippen LogP contribution in [0.3, 0.4) is 0 Å². The summed E-state index contributed by atoms with van der Waals surface area (Å²) in [5.74, 6) is 0. The Balaban J connectivity index is 3.91. The van der Waals surface area contributed by atoms with Crippen molar-refractivity contribution in [2.24, 2.45) is 0 Å². The first-order valence-electron chi connectivity index (χ1n) is 6.62. The molecule has 1 aliphatic rings. The first-order chi connectivity index (χ1) is 9.62. The molecule has 0 saturated carbocycles. The molecule has 138 valence electrons. The smallest absolute Gasteiger partial charge is 0.295 e. The van der Waals surface area contributed by atoms with E-state index in [2.05, 4.69) is 43.2 Å². The second kappa shape index (κ2) is 6.81. The van der Waals surface area contributed by atoms with Crippen molar-refractivity contribution < 1.29 is 0 Å². The summed E-state index contributed by atoms with van der Waals surface area (Å²) in [7, 11) is -3.99. The zero-order chi connectivity index (χ0) is 19.1. The zero-order valence-electron chi connectivity index (χ0n) is 13.3. The Morgan fingerprint density at radius 1 is 0.478 bits per heavy atom. The normalized spacial score (nSPS) is 28.2. The molecule has 1 fully saturated rings. The fourth-order valence-electron chi connectivity index (χ4n) is 3.22. The minimum Gasteiger partial charge on any atom is -0.357 e. The van der Waals surface area contributed by atoms with Crippen LogP contribution >= 0.6 is 99.7 Å². The van der Waals surface area contributed by atoms with Crippen LogP contribution in [0, 0.1) is 0 Å². The fraction of sp³-hybridized carbons (Fsp3) is 1.00. The van der Waals surface area contributed by atoms with Crippen molar-refractivity contribution in [3.05, 3.63) is 0 Å². The van der Waals surface area contributed by atoms with E-state index in [1.54, 1.807) is 0 Å². The molecule has 1 rings (SSSR count). The molecular formula is C6H18Cl9NSi7. The van der Waals surface area contributed by atoms with E-state index in [1.807, 2.05) is 0 Å². The third-order valence-electron chi connectivity index (χ3n) is 3.66. The average molecular weight is 620 g/mol. The molecule has 23 heavy (non-hydrogen) atoms. The first-order valence-corrected chi connectivity index (χ1v) is 37.6. The quantitative estimate of drug-likeness (QED) is 0.250. The molecule has 1 nitrogen and oxygen atoms in total. The van der Waals surface area contributed by atoms with Crippen LogP contribution in [0.1, 0.15) is 0 Å². The second-order valence-electron chi connectivity index (χ2n) is 7.60. The Hall–Kier alpha value is 4.09. The van der Waals surface area contributed by atoms with E-state index in [-0.39, 0.29) is 0 Å². The van der Waals surface area contributed by atoms with Gasteiger partial charge in [0.05, 0.1) is 0 Å². The molecule has 0 aliphatic carbocycles. The number of rotatable bonds is 3. The molecule has 0 bridgehead atoms. The summed E-state index contributed by atoms with van der Waals surface area (Å²) in [6.45, 7) is 9.70. The lowest BCUT2D eigenvalue weighted by molar-refractivity contribution is 0.950. The molecular weight excluding hydrogens is 602 g/mol. The molecule has 0 atom stereocenters. The van der Waals surface area contributed by atoms with Gasteiger partial charge in [0.1, 0.15) is 16.5 Å². The highest BCUT2D eigenvalue weighted by Gasteiger charge is 2.97. The van der Waals surface area contributed by atoms with Gasteiger partial charge in [-0.05, 0) is 0 Å². The average Bonchev–Trinajstić information content (AvgIpc) is 2.26. The molecule has 0 aromatic rings. The van der Waals surface area contributed by atoms with E-state index < -0.39 is 46.0 Å². The molecule has 0 unspecified atom stereocenters. The number of nitrogens with zero attached hydrogens (tertiary/aromatic N) is 1. The maximum atomic E-state index is 7.32. The molecule has 0 aromatic heterocycles. The number of hydrogen-bond donors (Lipinski definition) is 0. The molecule has 1 heterocycles. The molecule has 0 radical (unpaired) electrons. The van der Waals surface area contributed by atoms with E-state index in [9.17, 15) is 0 Å². The highest BCUT2D eigenvalue weighted by Crippen LogP contribution is 2.66. The van der Waals surface area contributed by atoms with Gasteiger partial charge in [-0.15, -0.1) is 99.7 Å². The number of hydrogen-bond acceptors (Lipinski definition) is 1. The highest BCUT2D eigenvalue weighted by atomic mass is 35.8. The van der Waals surface area contributed by atoms with Gasteiger partial charge in [-0.3, -0.25) is 0 Å². The Kier molecular flexibility index (Phi) is 7.44. The van der Waals surface area contributed by atoms with E-state index in [4.69, 9.17) is 99.7 Å². The predicted molar refractivity (Wildman–Crippen MR) is 130 cm³/mol. The fourth-order valence-corrected chi connectivity index (χ4v) is 279. The SMILES string of the molecule is C[Si](C)(C)N([Si](C)(C)C)[Si]1(Cl)[Si](Cl)(Cl)[Si](Cl)(Cl)[Si](Cl)(Cl)[Si]1(Cl)Cl. The lowest BCUT2D eigenvalue weighted by Gasteiger charge is -2.55. The van der Waals surface area contributed by atoms with Crippen molar-refractivity contribution in [2.45, 2.75) is 39.3 Å². The minimum atomic E-state index is -3.47. The third-order valence-corrected chi connectivity index (χ3v) is 168. The lowest BCUT2D eigenvalue weighted by atomic mass is 11.8. The van der Waals surface area contributed by atoms with Crippen molar-refractivity contribution in [1.82, 2.24) is 3.90 Å². The van der Waals surface area contributed by atoms with E-state index >= 15 is 0 Å². The highest BCUT2D eigenvalue weighted by molar-refractivity contribution is 8.49. The van der Waals surface area contributed by atoms with E-state index in [0.29, 0.717) is 0 Å². The van der Waals surface area contributed by atoms with Gasteiger partial charge in [0, 0.05) is 0 Å². The lowest BCUT2D eigenvalue weighted by Crippen LogP contribution is -2.83. The molecule has 0 N–H and O–H groups in total. The molecule has 1 aliphatic heterocycles. The van der Waals surface area contributed by atoms with Crippen molar-refractivity contribution in [2.75, 3.05) is 0 Å². The summed E-state index contributed by atoms with van der Waals surface area (Å²) in [6, 6.07) is 0. The van der Waals surface area contributed by atoms with Crippen LogP contribution in [0.15, 0.2) is 0 Å². The van der Waals surface area contributed by atoms with Gasteiger partial charge in [0.2, 0.25) is 0 Å². The van der Waals surface area contributed by atoms with Gasteiger partial charge in [-0.25, -0.2) is 0 Å². The van der Waals surface area contributed by atoms with Crippen molar-refractivity contribution in [1.29, 1.82) is 0 Å². The summed E-state index contributed by atoms with van der Waals surface area (Å²) >= 11 is 61.7. The molecule has 0 amide bonds.